The van der Waals surface area contributed by atoms with Crippen LogP contribution >= 0.6 is 0 Å². The van der Waals surface area contributed by atoms with Gasteiger partial charge in [-0.2, -0.15) is 0 Å². The number of carbonyl (C=O) groups is 1. The van der Waals surface area contributed by atoms with Gasteiger partial charge >= 0.3 is 0 Å². The second kappa shape index (κ2) is 4.96. The highest BCUT2D eigenvalue weighted by molar-refractivity contribution is 5.76. The molecular weight excluding hydrogens is 211 g/mol. The molecule has 0 radical (unpaired) electrons. The lowest BCUT2D eigenvalue weighted by molar-refractivity contribution is 0.112. The molecule has 1 aliphatic rings. The van der Waals surface area contributed by atoms with Crippen LogP contribution in [0.1, 0.15) is 23.2 Å². The molecule has 0 heterocycles. The van der Waals surface area contributed by atoms with E-state index in [4.69, 9.17) is 9.47 Å². The van der Waals surface area contributed by atoms with Crippen molar-refractivity contribution in [3.63, 3.8) is 0 Å². The normalized spacial score (nSPS) is 14.6. The minimum atomic E-state index is -0.903. The van der Waals surface area contributed by atoms with E-state index >= 15 is 0 Å². The summed E-state index contributed by atoms with van der Waals surface area (Å²) in [6, 6.07) is 4.69. The summed E-state index contributed by atoms with van der Waals surface area (Å²) in [5, 5.41) is 0. The first-order chi connectivity index (χ1) is 7.83. The van der Waals surface area contributed by atoms with E-state index in [0.29, 0.717) is 29.6 Å². The molecule has 4 heteroatoms. The van der Waals surface area contributed by atoms with Crippen LogP contribution in [-0.2, 0) is 0 Å². The average Bonchev–Trinajstić information content (AvgIpc) is 3.12. The van der Waals surface area contributed by atoms with Crippen LogP contribution < -0.4 is 9.47 Å². The molecule has 0 unspecified atom stereocenters. The van der Waals surface area contributed by atoms with E-state index in [1.165, 1.54) is 12.8 Å². The van der Waals surface area contributed by atoms with Crippen molar-refractivity contribution in [2.45, 2.75) is 12.8 Å². The lowest BCUT2D eigenvalue weighted by atomic mass is 10.2. The minimum absolute atomic E-state index is 0.341. The van der Waals surface area contributed by atoms with Crippen molar-refractivity contribution in [2.75, 3.05) is 13.5 Å². The molecule has 1 saturated carbocycles. The predicted octanol–water partition coefficient (Wildman–Crippen LogP) is 2.59. The van der Waals surface area contributed by atoms with Crippen LogP contribution in [-0.4, -0.2) is 19.8 Å². The molecule has 16 heavy (non-hydrogen) atoms. The molecule has 1 fully saturated rings. The number of aldehydes is 1. The number of ether oxygens (including phenoxy) is 2. The maximum Gasteiger partial charge on any atom is 0.228 e. The number of hydrogen-bond acceptors (Lipinski definition) is 3. The van der Waals surface area contributed by atoms with Crippen molar-refractivity contribution >= 4 is 6.29 Å². The van der Waals surface area contributed by atoms with Gasteiger partial charge in [-0.15, -0.1) is 0 Å². The Bertz CT molecular complexity index is 375. The molecule has 1 aromatic carbocycles. The summed E-state index contributed by atoms with van der Waals surface area (Å²) >= 11 is 0. The summed E-state index contributed by atoms with van der Waals surface area (Å²) in [6.07, 6.45) is 3.07. The SMILES string of the molecule is O=Cc1ccc(OCF)c(OCC2CC2)c1. The fraction of sp³-hybridized carbons (Fsp3) is 0.417. The van der Waals surface area contributed by atoms with E-state index in [0.717, 1.165) is 6.29 Å². The monoisotopic (exact) mass is 224 g/mol. The Morgan fingerprint density at radius 1 is 1.31 bits per heavy atom. The van der Waals surface area contributed by atoms with Crippen molar-refractivity contribution < 1.29 is 18.7 Å². The molecule has 0 aliphatic heterocycles. The highest BCUT2D eigenvalue weighted by atomic mass is 19.1. The Hall–Kier alpha value is -1.58. The van der Waals surface area contributed by atoms with Crippen LogP contribution in [0.5, 0.6) is 11.5 Å². The number of carbonyl (C=O) groups excluding carboxylic acids is 1. The Labute approximate surface area is 93.2 Å². The molecule has 1 aromatic rings. The van der Waals surface area contributed by atoms with Gasteiger partial charge in [-0.05, 0) is 37.0 Å². The van der Waals surface area contributed by atoms with Gasteiger partial charge in [0.1, 0.15) is 6.29 Å². The fourth-order valence-electron chi connectivity index (χ4n) is 1.38. The lowest BCUT2D eigenvalue weighted by Gasteiger charge is -2.10. The van der Waals surface area contributed by atoms with Crippen LogP contribution in [0.15, 0.2) is 18.2 Å². The smallest absolute Gasteiger partial charge is 0.228 e. The van der Waals surface area contributed by atoms with E-state index < -0.39 is 6.86 Å². The van der Waals surface area contributed by atoms with E-state index in [9.17, 15) is 9.18 Å². The molecule has 0 saturated heterocycles. The van der Waals surface area contributed by atoms with Gasteiger partial charge in [-0.1, -0.05) is 0 Å². The first-order valence-electron chi connectivity index (χ1n) is 5.24. The van der Waals surface area contributed by atoms with Crippen molar-refractivity contribution in [2.24, 2.45) is 5.92 Å². The van der Waals surface area contributed by atoms with Gasteiger partial charge in [-0.3, -0.25) is 4.79 Å². The van der Waals surface area contributed by atoms with E-state index in [1.54, 1.807) is 18.2 Å². The summed E-state index contributed by atoms with van der Waals surface area (Å²) in [5.74, 6) is 1.38. The zero-order chi connectivity index (χ0) is 11.4. The Morgan fingerprint density at radius 3 is 2.75 bits per heavy atom. The zero-order valence-electron chi connectivity index (χ0n) is 8.82. The minimum Gasteiger partial charge on any atom is -0.489 e. The molecule has 3 nitrogen and oxygen atoms in total. The summed E-state index contributed by atoms with van der Waals surface area (Å²) < 4.78 is 22.4. The molecule has 0 amide bonds. The standard InChI is InChI=1S/C12H13FO3/c13-8-16-11-4-3-10(6-14)5-12(11)15-7-9-1-2-9/h3-6,9H,1-2,7-8H2. The molecule has 0 N–H and O–H groups in total. The van der Waals surface area contributed by atoms with Gasteiger partial charge in [0.2, 0.25) is 6.86 Å². The van der Waals surface area contributed by atoms with E-state index in [-0.39, 0.29) is 0 Å². The second-order valence-electron chi connectivity index (χ2n) is 3.83. The van der Waals surface area contributed by atoms with Crippen molar-refractivity contribution in [1.82, 2.24) is 0 Å². The van der Waals surface area contributed by atoms with Crippen LogP contribution in [0.3, 0.4) is 0 Å². The second-order valence-corrected chi connectivity index (χ2v) is 3.83. The lowest BCUT2D eigenvalue weighted by Crippen LogP contribution is -2.02. The van der Waals surface area contributed by atoms with Gasteiger partial charge in [0, 0.05) is 5.56 Å². The summed E-state index contributed by atoms with van der Waals surface area (Å²) in [4.78, 5) is 10.6. The molecule has 0 bridgehead atoms. The molecule has 1 aliphatic carbocycles. The number of alkyl halides is 1. The highest BCUT2D eigenvalue weighted by Crippen LogP contribution is 2.33. The third-order valence-electron chi connectivity index (χ3n) is 2.49. The third kappa shape index (κ3) is 2.72. The van der Waals surface area contributed by atoms with Crippen LogP contribution in [0, 0.1) is 5.92 Å². The fourth-order valence-corrected chi connectivity index (χ4v) is 1.38. The molecule has 0 aromatic heterocycles. The summed E-state index contributed by atoms with van der Waals surface area (Å²) in [5.41, 5.74) is 0.497. The first-order valence-corrected chi connectivity index (χ1v) is 5.24. The van der Waals surface area contributed by atoms with Crippen LogP contribution in [0.4, 0.5) is 4.39 Å². The number of rotatable bonds is 6. The van der Waals surface area contributed by atoms with Crippen LogP contribution in [0.25, 0.3) is 0 Å². The van der Waals surface area contributed by atoms with Crippen molar-refractivity contribution in [3.8, 4) is 11.5 Å². The van der Waals surface area contributed by atoms with Gasteiger partial charge in [0.25, 0.3) is 0 Å². The number of benzene rings is 1. The first kappa shape index (κ1) is 10.9. The zero-order valence-corrected chi connectivity index (χ0v) is 8.82. The summed E-state index contributed by atoms with van der Waals surface area (Å²) in [7, 11) is 0. The maximum atomic E-state index is 12.1. The quantitative estimate of drug-likeness (QED) is 0.697. The predicted molar refractivity (Wildman–Crippen MR) is 56.7 cm³/mol. The molecule has 0 atom stereocenters. The molecule has 2 rings (SSSR count). The van der Waals surface area contributed by atoms with Crippen molar-refractivity contribution in [1.29, 1.82) is 0 Å². The molecular formula is C12H13FO3. The maximum absolute atomic E-state index is 12.1. The Morgan fingerprint density at radius 2 is 2.12 bits per heavy atom. The Balaban J connectivity index is 2.11. The van der Waals surface area contributed by atoms with Gasteiger partial charge in [0.15, 0.2) is 11.5 Å². The molecule has 0 spiro atoms. The third-order valence-corrected chi connectivity index (χ3v) is 2.49. The highest BCUT2D eigenvalue weighted by Gasteiger charge is 2.22. The van der Waals surface area contributed by atoms with Crippen molar-refractivity contribution in [3.05, 3.63) is 23.8 Å². The van der Waals surface area contributed by atoms with E-state index in [2.05, 4.69) is 0 Å². The van der Waals surface area contributed by atoms with E-state index in [1.807, 2.05) is 0 Å². The van der Waals surface area contributed by atoms with Gasteiger partial charge in [0.05, 0.1) is 6.61 Å². The average molecular weight is 224 g/mol. The topological polar surface area (TPSA) is 35.5 Å². The number of hydrogen-bond donors (Lipinski definition) is 0. The van der Waals surface area contributed by atoms with Crippen LogP contribution in [0.2, 0.25) is 0 Å². The Kier molecular flexibility index (Phi) is 3.39. The largest absolute Gasteiger partial charge is 0.489 e. The number of halogens is 1. The van der Waals surface area contributed by atoms with Gasteiger partial charge in [-0.25, -0.2) is 4.39 Å². The van der Waals surface area contributed by atoms with Gasteiger partial charge < -0.3 is 9.47 Å². The molecule has 86 valence electrons. The summed E-state index contributed by atoms with van der Waals surface area (Å²) in [6.45, 7) is -0.300.